The number of halogens is 1. The molecule has 150 valence electrons. The number of carbonyl (C=O) groups excluding carboxylic acids is 1. The van der Waals surface area contributed by atoms with E-state index in [1.54, 1.807) is 55.7 Å². The summed E-state index contributed by atoms with van der Waals surface area (Å²) in [7, 11) is 1.62. The topological polar surface area (TPSA) is 102 Å². The lowest BCUT2D eigenvalue weighted by molar-refractivity contribution is -0.384. The van der Waals surface area contributed by atoms with Crippen molar-refractivity contribution >= 4 is 51.9 Å². The second-order valence-electron chi connectivity index (χ2n) is 6.19. The number of nitro groups is 1. The van der Waals surface area contributed by atoms with Crippen molar-refractivity contribution in [2.45, 2.75) is 0 Å². The molecule has 1 amide bonds. The third-order valence-corrected chi connectivity index (χ3v) is 5.55. The van der Waals surface area contributed by atoms with Crippen molar-refractivity contribution < 1.29 is 14.1 Å². The fourth-order valence-corrected chi connectivity index (χ4v) is 3.82. The molecule has 2 aromatic heterocycles. The molecule has 0 saturated carbocycles. The highest BCUT2D eigenvalue weighted by Crippen LogP contribution is 2.35. The van der Waals surface area contributed by atoms with Gasteiger partial charge in [0.05, 0.1) is 9.83 Å². The minimum Gasteiger partial charge on any atom is -0.457 e. The maximum Gasteiger partial charge on any atom is 0.270 e. The van der Waals surface area contributed by atoms with Gasteiger partial charge in [0.2, 0.25) is 0 Å². The maximum absolute atomic E-state index is 12.6. The third-order valence-electron chi connectivity index (χ3n) is 4.20. The van der Waals surface area contributed by atoms with E-state index in [2.05, 4.69) is 9.98 Å². The van der Waals surface area contributed by atoms with Crippen LogP contribution in [0, 0.1) is 10.1 Å². The number of hydrogen-bond acceptors (Lipinski definition) is 7. The van der Waals surface area contributed by atoms with E-state index in [9.17, 15) is 14.9 Å². The number of amides is 1. The van der Waals surface area contributed by atoms with Gasteiger partial charge in [-0.3, -0.25) is 19.8 Å². The molecule has 0 N–H and O–H groups in total. The maximum atomic E-state index is 12.6. The first kappa shape index (κ1) is 19.9. The fraction of sp³-hybridized carbons (Fsp3) is 0.0500. The SMILES string of the molecule is CN1C(=O)/C(=C\c2ccc(-c3cccc([N+](=O)[O-])c3)o2)SC1=Nc1cccnc1Cl. The van der Waals surface area contributed by atoms with E-state index in [0.29, 0.717) is 32.8 Å². The zero-order chi connectivity index (χ0) is 21.3. The molecule has 1 aromatic carbocycles. The Labute approximate surface area is 180 Å². The molecule has 1 saturated heterocycles. The first-order chi connectivity index (χ1) is 14.4. The number of aliphatic imine (C=N–C) groups is 1. The number of likely N-dealkylation sites (N-methyl/N-ethyl adjacent to an activating group) is 1. The molecule has 1 aliphatic rings. The standard InChI is InChI=1S/C20H13ClN4O4S/c1-24-19(26)17(30-20(24)23-15-6-3-9-22-18(15)21)11-14-7-8-16(29-14)12-4-2-5-13(10-12)25(27)28/h2-11H,1H3/b17-11+,23-20?. The number of rotatable bonds is 4. The van der Waals surface area contributed by atoms with Crippen LogP contribution in [0.15, 0.2) is 69.0 Å². The van der Waals surface area contributed by atoms with Crippen LogP contribution in [-0.2, 0) is 4.79 Å². The van der Waals surface area contributed by atoms with Crippen LogP contribution in [-0.4, -0.2) is 32.9 Å². The molecule has 0 aliphatic carbocycles. The second kappa shape index (κ2) is 8.13. The van der Waals surface area contributed by atoms with Crippen molar-refractivity contribution in [2.24, 2.45) is 4.99 Å². The van der Waals surface area contributed by atoms with Crippen LogP contribution in [0.5, 0.6) is 0 Å². The Hall–Kier alpha value is -3.43. The summed E-state index contributed by atoms with van der Waals surface area (Å²) in [5.41, 5.74) is 1.01. The lowest BCUT2D eigenvalue weighted by Gasteiger charge is -2.07. The van der Waals surface area contributed by atoms with Crippen molar-refractivity contribution in [3.8, 4) is 11.3 Å². The van der Waals surface area contributed by atoms with Gasteiger partial charge >= 0.3 is 0 Å². The fourth-order valence-electron chi connectivity index (χ4n) is 2.70. The van der Waals surface area contributed by atoms with E-state index < -0.39 is 4.92 Å². The van der Waals surface area contributed by atoms with Gasteiger partial charge in [-0.15, -0.1) is 0 Å². The monoisotopic (exact) mass is 440 g/mol. The van der Waals surface area contributed by atoms with Gasteiger partial charge in [0.25, 0.3) is 11.6 Å². The van der Waals surface area contributed by atoms with E-state index in [-0.39, 0.29) is 16.7 Å². The summed E-state index contributed by atoms with van der Waals surface area (Å²) < 4.78 is 5.77. The number of benzene rings is 1. The van der Waals surface area contributed by atoms with E-state index in [1.807, 2.05) is 0 Å². The lowest BCUT2D eigenvalue weighted by Crippen LogP contribution is -2.23. The summed E-state index contributed by atoms with van der Waals surface area (Å²) in [6.45, 7) is 0. The number of carbonyl (C=O) groups is 1. The van der Waals surface area contributed by atoms with Crippen LogP contribution in [0.3, 0.4) is 0 Å². The number of pyridine rings is 1. The molecule has 30 heavy (non-hydrogen) atoms. The first-order valence-corrected chi connectivity index (χ1v) is 9.83. The molecule has 0 bridgehead atoms. The summed E-state index contributed by atoms with van der Waals surface area (Å²) in [5.74, 6) is 0.680. The van der Waals surface area contributed by atoms with Crippen molar-refractivity contribution in [1.82, 2.24) is 9.88 Å². The smallest absolute Gasteiger partial charge is 0.270 e. The summed E-state index contributed by atoms with van der Waals surface area (Å²) >= 11 is 7.23. The number of aromatic nitrogens is 1. The van der Waals surface area contributed by atoms with Crippen molar-refractivity contribution in [2.75, 3.05) is 7.05 Å². The molecule has 0 atom stereocenters. The Morgan fingerprint density at radius 3 is 2.87 bits per heavy atom. The Morgan fingerprint density at radius 2 is 2.10 bits per heavy atom. The van der Waals surface area contributed by atoms with Crippen LogP contribution >= 0.6 is 23.4 Å². The zero-order valence-corrected chi connectivity index (χ0v) is 17.1. The molecule has 8 nitrogen and oxygen atoms in total. The van der Waals surface area contributed by atoms with E-state index in [0.717, 1.165) is 0 Å². The first-order valence-electron chi connectivity index (χ1n) is 8.64. The number of amidine groups is 1. The summed E-state index contributed by atoms with van der Waals surface area (Å²) in [6.07, 6.45) is 3.17. The number of nitro benzene ring substituents is 1. The van der Waals surface area contributed by atoms with Crippen molar-refractivity contribution in [1.29, 1.82) is 0 Å². The zero-order valence-electron chi connectivity index (χ0n) is 15.5. The highest BCUT2D eigenvalue weighted by molar-refractivity contribution is 8.18. The quantitative estimate of drug-likeness (QED) is 0.241. The molecule has 1 aliphatic heterocycles. The predicted molar refractivity (Wildman–Crippen MR) is 115 cm³/mol. The molecule has 1 fully saturated rings. The Bertz CT molecular complexity index is 1220. The van der Waals surface area contributed by atoms with E-state index >= 15 is 0 Å². The number of nitrogens with zero attached hydrogens (tertiary/aromatic N) is 4. The Kier molecular flexibility index (Phi) is 5.39. The highest BCUT2D eigenvalue weighted by Gasteiger charge is 2.31. The lowest BCUT2D eigenvalue weighted by atomic mass is 10.1. The van der Waals surface area contributed by atoms with Gasteiger partial charge in [-0.05, 0) is 36.0 Å². The molecule has 0 spiro atoms. The van der Waals surface area contributed by atoms with Gasteiger partial charge in [-0.2, -0.15) is 0 Å². The largest absolute Gasteiger partial charge is 0.457 e. The van der Waals surface area contributed by atoms with Gasteiger partial charge in [-0.1, -0.05) is 23.7 Å². The van der Waals surface area contributed by atoms with Crippen LogP contribution < -0.4 is 0 Å². The number of non-ortho nitro benzene ring substituents is 1. The molecular weight excluding hydrogens is 428 g/mol. The van der Waals surface area contributed by atoms with Crippen LogP contribution in [0.4, 0.5) is 11.4 Å². The minimum absolute atomic E-state index is 0.0260. The Morgan fingerprint density at radius 1 is 1.27 bits per heavy atom. The predicted octanol–water partition coefficient (Wildman–Crippen LogP) is 5.14. The number of furan rings is 1. The van der Waals surface area contributed by atoms with Gasteiger partial charge in [0.15, 0.2) is 10.3 Å². The van der Waals surface area contributed by atoms with E-state index in [1.165, 1.54) is 28.8 Å². The molecule has 3 heterocycles. The second-order valence-corrected chi connectivity index (χ2v) is 7.56. The van der Waals surface area contributed by atoms with Gasteiger partial charge in [0, 0.05) is 37.0 Å². The molecule has 0 radical (unpaired) electrons. The summed E-state index contributed by atoms with van der Waals surface area (Å²) in [6, 6.07) is 13.0. The van der Waals surface area contributed by atoms with Crippen LogP contribution in [0.2, 0.25) is 5.15 Å². The normalized spacial score (nSPS) is 16.6. The highest BCUT2D eigenvalue weighted by atomic mass is 35.5. The average Bonchev–Trinajstić information content (AvgIpc) is 3.31. The Balaban J connectivity index is 1.60. The van der Waals surface area contributed by atoms with Crippen molar-refractivity contribution in [3.63, 3.8) is 0 Å². The van der Waals surface area contributed by atoms with Crippen molar-refractivity contribution in [3.05, 3.63) is 80.7 Å². The van der Waals surface area contributed by atoms with Gasteiger partial charge in [0.1, 0.15) is 17.2 Å². The molecule has 10 heteroatoms. The molecule has 4 rings (SSSR count). The van der Waals surface area contributed by atoms with Gasteiger partial charge < -0.3 is 4.42 Å². The number of hydrogen-bond donors (Lipinski definition) is 0. The van der Waals surface area contributed by atoms with E-state index in [4.69, 9.17) is 16.0 Å². The summed E-state index contributed by atoms with van der Waals surface area (Å²) in [4.78, 5) is 33.3. The molecular formula is C20H13ClN4O4S. The number of thioether (sulfide) groups is 1. The minimum atomic E-state index is -0.464. The third kappa shape index (κ3) is 3.98. The summed E-state index contributed by atoms with van der Waals surface area (Å²) in [5, 5.41) is 11.7. The van der Waals surface area contributed by atoms with Gasteiger partial charge in [-0.25, -0.2) is 9.98 Å². The van der Waals surface area contributed by atoms with Crippen LogP contribution in [0.1, 0.15) is 5.76 Å². The average molecular weight is 441 g/mol. The molecule has 0 unspecified atom stereocenters. The van der Waals surface area contributed by atoms with Crippen LogP contribution in [0.25, 0.3) is 17.4 Å². The molecule has 3 aromatic rings.